The molecule has 0 aromatic carbocycles. The molecule has 23 heavy (non-hydrogen) atoms. The second kappa shape index (κ2) is 5.46. The number of hydrogen-bond acceptors (Lipinski definition) is 3. The van der Waals surface area contributed by atoms with Crippen molar-refractivity contribution in [1.82, 2.24) is 0 Å². The first-order chi connectivity index (χ1) is 11.0. The molecule has 6 atom stereocenters. The number of fused-ring (bicyclic) bond motifs is 5. The number of hydrogen-bond donors (Lipinski definition) is 0. The molecule has 0 unspecified atom stereocenters. The maximum Gasteiger partial charge on any atom is 0.302 e. The third-order valence-corrected chi connectivity index (χ3v) is 7.44. The molecule has 4 aliphatic carbocycles. The summed E-state index contributed by atoms with van der Waals surface area (Å²) >= 11 is 0. The molecule has 0 heterocycles. The predicted molar refractivity (Wildman–Crippen MR) is 87.6 cm³/mol. The van der Waals surface area contributed by atoms with E-state index in [1.54, 1.807) is 0 Å². The molecular weight excluding hydrogens is 288 g/mol. The van der Waals surface area contributed by atoms with Crippen molar-refractivity contribution in [3.63, 3.8) is 0 Å². The van der Waals surface area contributed by atoms with Gasteiger partial charge in [0.1, 0.15) is 11.9 Å². The highest BCUT2D eigenvalue weighted by Crippen LogP contribution is 2.60. The first kappa shape index (κ1) is 15.4. The van der Waals surface area contributed by atoms with E-state index in [0.717, 1.165) is 50.9 Å². The van der Waals surface area contributed by atoms with Gasteiger partial charge in [-0.15, -0.1) is 0 Å². The van der Waals surface area contributed by atoms with Gasteiger partial charge in [0, 0.05) is 25.2 Å². The summed E-state index contributed by atoms with van der Waals surface area (Å²) in [5.41, 5.74) is 1.51. The average Bonchev–Trinajstić information content (AvgIpc) is 2.82. The molecule has 3 nitrogen and oxygen atoms in total. The van der Waals surface area contributed by atoms with Crippen LogP contribution in [0.4, 0.5) is 0 Å². The quantitative estimate of drug-likeness (QED) is 0.541. The molecule has 3 fully saturated rings. The van der Waals surface area contributed by atoms with Gasteiger partial charge in [0.2, 0.25) is 0 Å². The Morgan fingerprint density at radius 2 is 2.04 bits per heavy atom. The Bertz CT molecular complexity index is 563. The van der Waals surface area contributed by atoms with Gasteiger partial charge in [0.15, 0.2) is 0 Å². The molecule has 0 spiro atoms. The zero-order valence-electron chi connectivity index (χ0n) is 14.3. The smallest absolute Gasteiger partial charge is 0.302 e. The van der Waals surface area contributed by atoms with E-state index in [-0.39, 0.29) is 17.5 Å². The standard InChI is InChI=1S/C20H28O3/c1-12(21)23-14-4-6-15-13(11-14)3-5-17-16(15)9-10-20(2)18(17)7-8-19(20)22/h3,14-18H,4-11H2,1-2H3/t14-,15-,16+,17+,18-,20-/m0/s1. The third kappa shape index (κ3) is 2.38. The molecule has 0 aromatic rings. The molecule has 0 saturated heterocycles. The lowest BCUT2D eigenvalue weighted by Gasteiger charge is -2.51. The lowest BCUT2D eigenvalue weighted by molar-refractivity contribution is -0.147. The van der Waals surface area contributed by atoms with Gasteiger partial charge >= 0.3 is 5.97 Å². The highest BCUT2D eigenvalue weighted by Gasteiger charge is 2.55. The molecule has 0 aromatic heterocycles. The number of esters is 1. The van der Waals surface area contributed by atoms with Crippen molar-refractivity contribution in [3.8, 4) is 0 Å². The zero-order valence-corrected chi connectivity index (χ0v) is 14.3. The lowest BCUT2D eigenvalue weighted by atomic mass is 9.53. The second-order valence-electron chi connectivity index (χ2n) is 8.49. The van der Waals surface area contributed by atoms with Crippen LogP contribution in [-0.4, -0.2) is 17.9 Å². The summed E-state index contributed by atoms with van der Waals surface area (Å²) in [6.07, 6.45) is 11.0. The van der Waals surface area contributed by atoms with E-state index < -0.39 is 0 Å². The highest BCUT2D eigenvalue weighted by molar-refractivity contribution is 5.87. The van der Waals surface area contributed by atoms with Gasteiger partial charge in [0.05, 0.1) is 0 Å². The summed E-state index contributed by atoms with van der Waals surface area (Å²) < 4.78 is 5.45. The van der Waals surface area contributed by atoms with Gasteiger partial charge in [-0.05, 0) is 62.2 Å². The number of ether oxygens (including phenoxy) is 1. The fourth-order valence-electron chi connectivity index (χ4n) is 6.34. The van der Waals surface area contributed by atoms with Crippen LogP contribution in [0.2, 0.25) is 0 Å². The number of allylic oxidation sites excluding steroid dienone is 1. The van der Waals surface area contributed by atoms with Gasteiger partial charge in [-0.2, -0.15) is 0 Å². The van der Waals surface area contributed by atoms with Crippen LogP contribution in [0, 0.1) is 29.1 Å². The molecule has 4 rings (SSSR count). The van der Waals surface area contributed by atoms with Crippen LogP contribution >= 0.6 is 0 Å². The molecule has 0 amide bonds. The minimum atomic E-state index is -0.152. The fourth-order valence-corrected chi connectivity index (χ4v) is 6.34. The Kier molecular flexibility index (Phi) is 3.66. The van der Waals surface area contributed by atoms with Crippen LogP contribution in [0.15, 0.2) is 11.6 Å². The predicted octanol–water partition coefficient (Wildman–Crippen LogP) is 4.06. The SMILES string of the molecule is CC(=O)O[C@H]1CC[C@H]2C(=CC[C@@H]3[C@@H]2CC[C@]2(C)C(=O)CC[C@@H]32)C1. The minimum absolute atomic E-state index is 0.0263. The van der Waals surface area contributed by atoms with Crippen molar-refractivity contribution in [2.45, 2.75) is 71.3 Å². The van der Waals surface area contributed by atoms with E-state index in [1.165, 1.54) is 18.9 Å². The van der Waals surface area contributed by atoms with E-state index in [4.69, 9.17) is 4.74 Å². The topological polar surface area (TPSA) is 43.4 Å². The molecule has 126 valence electrons. The number of Topliss-reactive ketones (excluding diaryl/α,β-unsaturated/α-hetero) is 1. The summed E-state index contributed by atoms with van der Waals surface area (Å²) in [4.78, 5) is 23.6. The molecule has 3 saturated carbocycles. The van der Waals surface area contributed by atoms with E-state index >= 15 is 0 Å². The lowest BCUT2D eigenvalue weighted by Crippen LogP contribution is -2.46. The van der Waals surface area contributed by atoms with Crippen molar-refractivity contribution in [2.75, 3.05) is 0 Å². The monoisotopic (exact) mass is 316 g/mol. The van der Waals surface area contributed by atoms with Crippen LogP contribution in [-0.2, 0) is 14.3 Å². The van der Waals surface area contributed by atoms with Crippen molar-refractivity contribution in [3.05, 3.63) is 11.6 Å². The summed E-state index contributed by atoms with van der Waals surface area (Å²) in [7, 11) is 0. The Morgan fingerprint density at radius 3 is 2.83 bits per heavy atom. The maximum absolute atomic E-state index is 12.4. The van der Waals surface area contributed by atoms with Gasteiger partial charge in [-0.3, -0.25) is 9.59 Å². The molecular formula is C20H28O3. The first-order valence-corrected chi connectivity index (χ1v) is 9.38. The van der Waals surface area contributed by atoms with E-state index in [1.807, 2.05) is 0 Å². The van der Waals surface area contributed by atoms with Crippen LogP contribution in [0.25, 0.3) is 0 Å². The van der Waals surface area contributed by atoms with E-state index in [2.05, 4.69) is 13.0 Å². The second-order valence-corrected chi connectivity index (χ2v) is 8.49. The third-order valence-electron chi connectivity index (χ3n) is 7.44. The molecule has 4 aliphatic rings. The van der Waals surface area contributed by atoms with Crippen LogP contribution in [0.5, 0.6) is 0 Å². The molecule has 0 bridgehead atoms. The van der Waals surface area contributed by atoms with Crippen molar-refractivity contribution in [1.29, 1.82) is 0 Å². The highest BCUT2D eigenvalue weighted by atomic mass is 16.5. The molecule has 0 aliphatic heterocycles. The Labute approximate surface area is 138 Å². The molecule has 3 heteroatoms. The van der Waals surface area contributed by atoms with Gasteiger partial charge in [-0.25, -0.2) is 0 Å². The van der Waals surface area contributed by atoms with Gasteiger partial charge in [-0.1, -0.05) is 18.6 Å². The summed E-state index contributed by atoms with van der Waals surface area (Å²) in [5.74, 6) is 3.13. The fraction of sp³-hybridized carbons (Fsp3) is 0.800. The van der Waals surface area contributed by atoms with Crippen molar-refractivity contribution >= 4 is 11.8 Å². The Balaban J connectivity index is 1.54. The number of ketones is 1. The van der Waals surface area contributed by atoms with E-state index in [0.29, 0.717) is 23.5 Å². The zero-order chi connectivity index (χ0) is 16.2. The molecule has 0 N–H and O–H groups in total. The summed E-state index contributed by atoms with van der Waals surface area (Å²) in [6.45, 7) is 3.75. The van der Waals surface area contributed by atoms with Crippen molar-refractivity contribution in [2.24, 2.45) is 29.1 Å². The van der Waals surface area contributed by atoms with Crippen LogP contribution in [0.1, 0.15) is 65.2 Å². The number of rotatable bonds is 1. The van der Waals surface area contributed by atoms with Gasteiger partial charge in [0.25, 0.3) is 0 Å². The number of carbonyl (C=O) groups excluding carboxylic acids is 2. The Morgan fingerprint density at radius 1 is 1.22 bits per heavy atom. The first-order valence-electron chi connectivity index (χ1n) is 9.38. The maximum atomic E-state index is 12.4. The minimum Gasteiger partial charge on any atom is -0.462 e. The van der Waals surface area contributed by atoms with Crippen LogP contribution < -0.4 is 0 Å². The van der Waals surface area contributed by atoms with Gasteiger partial charge < -0.3 is 4.74 Å². The summed E-state index contributed by atoms with van der Waals surface area (Å²) in [5, 5.41) is 0. The normalized spacial score (nSPS) is 45.6. The average molecular weight is 316 g/mol. The number of carbonyl (C=O) groups is 2. The Hall–Kier alpha value is -1.12. The summed E-state index contributed by atoms with van der Waals surface area (Å²) in [6, 6.07) is 0. The van der Waals surface area contributed by atoms with Crippen LogP contribution in [0.3, 0.4) is 0 Å². The molecule has 0 radical (unpaired) electrons. The van der Waals surface area contributed by atoms with E-state index in [9.17, 15) is 9.59 Å². The van der Waals surface area contributed by atoms with Crippen molar-refractivity contribution < 1.29 is 14.3 Å². The largest absolute Gasteiger partial charge is 0.462 e.